The van der Waals surface area contributed by atoms with E-state index in [0.29, 0.717) is 5.56 Å². The van der Waals surface area contributed by atoms with Crippen LogP contribution in [-0.2, 0) is 0 Å². The largest absolute Gasteiger partial charge is 0.497 e. The maximum Gasteiger partial charge on any atom is 0.120 e. The van der Waals surface area contributed by atoms with Crippen LogP contribution in [0.3, 0.4) is 0 Å². The minimum absolute atomic E-state index is 0.650. The summed E-state index contributed by atoms with van der Waals surface area (Å²) < 4.78 is 6.20. The first-order chi connectivity index (χ1) is 8.74. The van der Waals surface area contributed by atoms with E-state index in [0.717, 1.165) is 20.0 Å². The van der Waals surface area contributed by atoms with Gasteiger partial charge >= 0.3 is 0 Å². The van der Waals surface area contributed by atoms with Crippen LogP contribution >= 0.6 is 27.7 Å². The van der Waals surface area contributed by atoms with E-state index >= 15 is 0 Å². The molecule has 0 bridgehead atoms. The number of rotatable bonds is 3. The van der Waals surface area contributed by atoms with Crippen molar-refractivity contribution >= 4 is 27.7 Å². The second-order valence-corrected chi connectivity index (χ2v) is 5.44. The summed E-state index contributed by atoms with van der Waals surface area (Å²) in [4.78, 5) is 1.96. The zero-order valence-corrected chi connectivity index (χ0v) is 12.1. The van der Waals surface area contributed by atoms with Gasteiger partial charge in [0, 0.05) is 14.3 Å². The van der Waals surface area contributed by atoms with Crippen molar-refractivity contribution in [1.82, 2.24) is 0 Å². The summed E-state index contributed by atoms with van der Waals surface area (Å²) in [6, 6.07) is 15.6. The molecule has 2 rings (SSSR count). The highest BCUT2D eigenvalue weighted by Crippen LogP contribution is 2.36. The fourth-order valence-electron chi connectivity index (χ4n) is 1.45. The summed E-state index contributed by atoms with van der Waals surface area (Å²) in [6.07, 6.45) is 0. The second-order valence-electron chi connectivity index (χ2n) is 3.51. The molecule has 0 aromatic heterocycles. The maximum absolute atomic E-state index is 9.11. The number of halogens is 1. The van der Waals surface area contributed by atoms with E-state index in [-0.39, 0.29) is 0 Å². The average Bonchev–Trinajstić information content (AvgIpc) is 2.41. The highest BCUT2D eigenvalue weighted by molar-refractivity contribution is 9.10. The second kappa shape index (κ2) is 5.94. The van der Waals surface area contributed by atoms with Crippen LogP contribution in [0.15, 0.2) is 56.7 Å². The molecule has 0 unspecified atom stereocenters. The van der Waals surface area contributed by atoms with Crippen LogP contribution in [0.2, 0.25) is 0 Å². The Bertz CT molecular complexity index is 607. The number of ether oxygens (including phenoxy) is 1. The Morgan fingerprint density at radius 1 is 1.17 bits per heavy atom. The Balaban J connectivity index is 2.39. The fourth-order valence-corrected chi connectivity index (χ4v) is 2.93. The maximum atomic E-state index is 9.11. The fraction of sp³-hybridized carbons (Fsp3) is 0.0714. The van der Waals surface area contributed by atoms with Gasteiger partial charge in [0.2, 0.25) is 0 Å². The Morgan fingerprint density at radius 2 is 1.94 bits per heavy atom. The smallest absolute Gasteiger partial charge is 0.120 e. The molecule has 4 heteroatoms. The zero-order chi connectivity index (χ0) is 13.0. The summed E-state index contributed by atoms with van der Waals surface area (Å²) in [5.41, 5.74) is 0.650. The highest BCUT2D eigenvalue weighted by Gasteiger charge is 2.08. The molecule has 2 aromatic rings. The van der Waals surface area contributed by atoms with Crippen molar-refractivity contribution in [3.63, 3.8) is 0 Å². The van der Waals surface area contributed by atoms with Crippen molar-refractivity contribution in [1.29, 1.82) is 5.26 Å². The molecular formula is C14H10BrNOS. The van der Waals surface area contributed by atoms with Crippen LogP contribution in [0.25, 0.3) is 0 Å². The van der Waals surface area contributed by atoms with Crippen molar-refractivity contribution in [2.45, 2.75) is 9.79 Å². The summed E-state index contributed by atoms with van der Waals surface area (Å²) in [7, 11) is 1.62. The van der Waals surface area contributed by atoms with Gasteiger partial charge in [-0.1, -0.05) is 23.9 Å². The molecule has 90 valence electrons. The standard InChI is InChI=1S/C14H10BrNOS/c1-17-11-7-6-10(9-16)14(8-11)18-13-5-3-2-4-12(13)15/h2-8H,1H3. The molecule has 0 spiro atoms. The van der Waals surface area contributed by atoms with E-state index in [4.69, 9.17) is 10.00 Å². The Hall–Kier alpha value is -1.44. The van der Waals surface area contributed by atoms with Gasteiger partial charge in [-0.05, 0) is 46.3 Å². The summed E-state index contributed by atoms with van der Waals surface area (Å²) >= 11 is 5.05. The van der Waals surface area contributed by atoms with Gasteiger partial charge in [0.1, 0.15) is 11.8 Å². The first-order valence-corrected chi connectivity index (χ1v) is 6.86. The van der Waals surface area contributed by atoms with Gasteiger partial charge in [-0.25, -0.2) is 0 Å². The third-order valence-electron chi connectivity index (χ3n) is 2.37. The number of methoxy groups -OCH3 is 1. The van der Waals surface area contributed by atoms with Gasteiger partial charge in [-0.2, -0.15) is 5.26 Å². The van der Waals surface area contributed by atoms with E-state index in [9.17, 15) is 0 Å². The molecule has 0 saturated carbocycles. The van der Waals surface area contributed by atoms with E-state index in [2.05, 4.69) is 22.0 Å². The Kier molecular flexibility index (Phi) is 4.29. The molecule has 0 N–H and O–H groups in total. The number of nitriles is 1. The molecule has 0 aliphatic rings. The molecule has 2 nitrogen and oxygen atoms in total. The van der Waals surface area contributed by atoms with Crippen molar-refractivity contribution in [3.05, 3.63) is 52.5 Å². The lowest BCUT2D eigenvalue weighted by Crippen LogP contribution is -1.86. The highest BCUT2D eigenvalue weighted by atomic mass is 79.9. The van der Waals surface area contributed by atoms with Gasteiger partial charge < -0.3 is 4.74 Å². The molecule has 0 fully saturated rings. The normalized spacial score (nSPS) is 9.83. The van der Waals surface area contributed by atoms with Crippen LogP contribution in [-0.4, -0.2) is 7.11 Å². The predicted octanol–water partition coefficient (Wildman–Crippen LogP) is 4.48. The summed E-state index contributed by atoms with van der Waals surface area (Å²) in [6.45, 7) is 0. The van der Waals surface area contributed by atoms with Crippen LogP contribution in [0.1, 0.15) is 5.56 Å². The monoisotopic (exact) mass is 319 g/mol. The molecule has 0 amide bonds. The number of hydrogen-bond acceptors (Lipinski definition) is 3. The third-order valence-corrected chi connectivity index (χ3v) is 4.45. The number of hydrogen-bond donors (Lipinski definition) is 0. The van der Waals surface area contributed by atoms with Gasteiger partial charge in [-0.3, -0.25) is 0 Å². The molecule has 0 atom stereocenters. The van der Waals surface area contributed by atoms with Crippen molar-refractivity contribution in [2.75, 3.05) is 7.11 Å². The first-order valence-electron chi connectivity index (χ1n) is 5.25. The van der Waals surface area contributed by atoms with Crippen LogP contribution < -0.4 is 4.74 Å². The minimum atomic E-state index is 0.650. The average molecular weight is 320 g/mol. The van der Waals surface area contributed by atoms with Gasteiger partial charge in [0.05, 0.1) is 12.7 Å². The Labute approximate surface area is 119 Å². The van der Waals surface area contributed by atoms with E-state index in [1.807, 2.05) is 30.3 Å². The van der Waals surface area contributed by atoms with Crippen molar-refractivity contribution in [3.8, 4) is 11.8 Å². The number of nitrogens with zero attached hydrogens (tertiary/aromatic N) is 1. The molecule has 18 heavy (non-hydrogen) atoms. The van der Waals surface area contributed by atoms with Crippen LogP contribution in [0.4, 0.5) is 0 Å². The minimum Gasteiger partial charge on any atom is -0.497 e. The SMILES string of the molecule is COc1ccc(C#N)c(Sc2ccccc2Br)c1. The summed E-state index contributed by atoms with van der Waals surface area (Å²) in [5, 5.41) is 9.11. The lowest BCUT2D eigenvalue weighted by atomic mass is 10.2. The number of benzene rings is 2. The predicted molar refractivity (Wildman–Crippen MR) is 76.0 cm³/mol. The van der Waals surface area contributed by atoms with Gasteiger partial charge in [0.25, 0.3) is 0 Å². The first kappa shape index (κ1) is 13.0. The molecule has 2 aromatic carbocycles. The Morgan fingerprint density at radius 3 is 2.61 bits per heavy atom. The lowest BCUT2D eigenvalue weighted by Gasteiger charge is -2.07. The molecule has 0 heterocycles. The van der Waals surface area contributed by atoms with Gasteiger partial charge in [-0.15, -0.1) is 0 Å². The molecular weight excluding hydrogens is 310 g/mol. The van der Waals surface area contributed by atoms with Crippen molar-refractivity contribution < 1.29 is 4.74 Å². The van der Waals surface area contributed by atoms with Gasteiger partial charge in [0.15, 0.2) is 0 Å². The van der Waals surface area contributed by atoms with E-state index in [1.54, 1.807) is 31.0 Å². The quantitative estimate of drug-likeness (QED) is 0.836. The lowest BCUT2D eigenvalue weighted by molar-refractivity contribution is 0.413. The molecule has 0 aliphatic carbocycles. The van der Waals surface area contributed by atoms with Crippen LogP contribution in [0.5, 0.6) is 5.75 Å². The zero-order valence-electron chi connectivity index (χ0n) is 9.68. The molecule has 0 radical (unpaired) electrons. The van der Waals surface area contributed by atoms with E-state index < -0.39 is 0 Å². The topological polar surface area (TPSA) is 33.0 Å². The molecule has 0 saturated heterocycles. The summed E-state index contributed by atoms with van der Waals surface area (Å²) in [5.74, 6) is 0.753. The van der Waals surface area contributed by atoms with Crippen LogP contribution in [0, 0.1) is 11.3 Å². The van der Waals surface area contributed by atoms with Crippen molar-refractivity contribution in [2.24, 2.45) is 0 Å². The molecule has 0 aliphatic heterocycles. The van der Waals surface area contributed by atoms with E-state index in [1.165, 1.54) is 0 Å². The third kappa shape index (κ3) is 2.87.